The van der Waals surface area contributed by atoms with Crippen LogP contribution < -0.4 is 15.8 Å². The first kappa shape index (κ1) is 23.2. The number of hydrogen-bond acceptors (Lipinski definition) is 6. The van der Waals surface area contributed by atoms with Crippen LogP contribution in [-0.2, 0) is 12.6 Å². The van der Waals surface area contributed by atoms with Crippen molar-refractivity contribution >= 4 is 29.7 Å². The van der Waals surface area contributed by atoms with Crippen molar-refractivity contribution in [2.75, 3.05) is 19.7 Å². The van der Waals surface area contributed by atoms with Gasteiger partial charge in [-0.25, -0.2) is 4.98 Å². The first-order valence-corrected chi connectivity index (χ1v) is 8.58. The van der Waals surface area contributed by atoms with Gasteiger partial charge in [-0.2, -0.15) is 13.2 Å². The second kappa shape index (κ2) is 10.5. The molecular weight excluding hydrogens is 407 g/mol. The Bertz CT molecular complexity index is 743. The second-order valence-corrected chi connectivity index (χ2v) is 6.31. The lowest BCUT2D eigenvalue weighted by atomic mass is 10.2. The summed E-state index contributed by atoms with van der Waals surface area (Å²) in [6, 6.07) is 4.35. The van der Waals surface area contributed by atoms with Gasteiger partial charge in [0.1, 0.15) is 24.2 Å². The van der Waals surface area contributed by atoms with E-state index in [1.807, 2.05) is 0 Å². The van der Waals surface area contributed by atoms with Crippen molar-refractivity contribution < 1.29 is 27.8 Å². The Morgan fingerprint density at radius 3 is 2.81 bits per heavy atom. The molecule has 1 amide bonds. The van der Waals surface area contributed by atoms with Crippen LogP contribution in [0, 0.1) is 0 Å². The highest BCUT2D eigenvalue weighted by atomic mass is 35.5. The zero-order valence-electron chi connectivity index (χ0n) is 14.0. The van der Waals surface area contributed by atoms with E-state index in [2.05, 4.69) is 10.3 Å². The topological polar surface area (TPSA) is 97.5 Å². The molecule has 11 heteroatoms. The van der Waals surface area contributed by atoms with Crippen molar-refractivity contribution in [1.29, 1.82) is 0 Å². The zero-order chi connectivity index (χ0) is 19.2. The van der Waals surface area contributed by atoms with Crippen molar-refractivity contribution in [2.24, 2.45) is 5.73 Å². The third kappa shape index (κ3) is 7.33. The van der Waals surface area contributed by atoms with Crippen LogP contribution in [0.5, 0.6) is 5.75 Å². The van der Waals surface area contributed by atoms with Gasteiger partial charge < -0.3 is 20.9 Å². The molecule has 1 atom stereocenters. The van der Waals surface area contributed by atoms with Gasteiger partial charge >= 0.3 is 6.18 Å². The summed E-state index contributed by atoms with van der Waals surface area (Å²) in [6.45, 7) is 0.0405. The first-order valence-electron chi connectivity index (χ1n) is 7.70. The van der Waals surface area contributed by atoms with Gasteiger partial charge in [0.05, 0.1) is 10.6 Å². The molecule has 0 aliphatic heterocycles. The Morgan fingerprint density at radius 2 is 2.15 bits per heavy atom. The largest absolute Gasteiger partial charge is 0.491 e. The Hall–Kier alpha value is -1.88. The number of aromatic nitrogens is 1. The number of thiazole rings is 1. The van der Waals surface area contributed by atoms with Crippen LogP contribution in [0.3, 0.4) is 0 Å². The molecule has 0 radical (unpaired) electrons. The Balaban J connectivity index is 0.00000364. The number of nitrogens with zero attached hydrogens (tertiary/aromatic N) is 1. The molecule has 0 aliphatic rings. The Kier molecular flexibility index (Phi) is 8.97. The average Bonchev–Trinajstić information content (AvgIpc) is 3.06. The number of benzene rings is 1. The van der Waals surface area contributed by atoms with Gasteiger partial charge in [0, 0.05) is 18.3 Å². The van der Waals surface area contributed by atoms with Gasteiger partial charge in [0.25, 0.3) is 5.91 Å². The van der Waals surface area contributed by atoms with Gasteiger partial charge in [0.2, 0.25) is 0 Å². The number of carbonyl (C=O) groups is 1. The minimum absolute atomic E-state index is 0. The van der Waals surface area contributed by atoms with Crippen molar-refractivity contribution in [3.63, 3.8) is 0 Å². The number of nitrogens with one attached hydrogen (secondary N) is 1. The van der Waals surface area contributed by atoms with Gasteiger partial charge in [-0.3, -0.25) is 4.79 Å². The number of ether oxygens (including phenoxy) is 1. The number of carbonyl (C=O) groups excluding carboxylic acids is 1. The Labute approximate surface area is 164 Å². The van der Waals surface area contributed by atoms with Crippen LogP contribution >= 0.6 is 23.7 Å². The van der Waals surface area contributed by atoms with Gasteiger partial charge in [-0.05, 0) is 24.7 Å². The number of halogens is 4. The zero-order valence-corrected chi connectivity index (χ0v) is 15.7. The third-order valence-electron chi connectivity index (χ3n) is 3.24. The van der Waals surface area contributed by atoms with E-state index in [-0.39, 0.29) is 37.0 Å². The SMILES string of the molecule is Cl.NCCc1nc(C(=O)NCC(O)COc2cccc(C(F)(F)F)c2)cs1. The molecule has 0 bridgehead atoms. The molecule has 2 rings (SSSR count). The lowest BCUT2D eigenvalue weighted by molar-refractivity contribution is -0.137. The summed E-state index contributed by atoms with van der Waals surface area (Å²) < 4.78 is 43.0. The number of aliphatic hydroxyl groups is 1. The van der Waals surface area contributed by atoms with Gasteiger partial charge in [0.15, 0.2) is 0 Å². The quantitative estimate of drug-likeness (QED) is 0.602. The smallest absolute Gasteiger partial charge is 0.416 e. The Morgan fingerprint density at radius 1 is 1.41 bits per heavy atom. The molecule has 0 saturated heterocycles. The van der Waals surface area contributed by atoms with E-state index in [9.17, 15) is 23.1 Å². The molecule has 1 aromatic carbocycles. The van der Waals surface area contributed by atoms with E-state index in [1.54, 1.807) is 5.38 Å². The van der Waals surface area contributed by atoms with Crippen molar-refractivity contribution in [3.05, 3.63) is 45.9 Å². The predicted octanol–water partition coefficient (Wildman–Crippen LogP) is 2.25. The first-order chi connectivity index (χ1) is 12.3. The van der Waals surface area contributed by atoms with E-state index in [0.29, 0.717) is 13.0 Å². The van der Waals surface area contributed by atoms with Crippen molar-refractivity contribution in [1.82, 2.24) is 10.3 Å². The fraction of sp³-hybridized carbons (Fsp3) is 0.375. The molecule has 1 heterocycles. The highest BCUT2D eigenvalue weighted by Gasteiger charge is 2.30. The molecule has 4 N–H and O–H groups in total. The summed E-state index contributed by atoms with van der Waals surface area (Å²) in [5, 5.41) is 14.6. The van der Waals surface area contributed by atoms with E-state index in [1.165, 1.54) is 23.5 Å². The number of nitrogens with two attached hydrogens (primary N) is 1. The van der Waals surface area contributed by atoms with E-state index in [0.717, 1.165) is 17.1 Å². The fourth-order valence-electron chi connectivity index (χ4n) is 1.97. The molecule has 150 valence electrons. The van der Waals surface area contributed by atoms with E-state index in [4.69, 9.17) is 10.5 Å². The molecular formula is C16H19ClF3N3O3S. The lowest BCUT2D eigenvalue weighted by Gasteiger charge is -2.14. The molecule has 1 aromatic heterocycles. The maximum Gasteiger partial charge on any atom is 0.416 e. The standard InChI is InChI=1S/C16H18F3N3O3S.ClH/c17-16(18,19)10-2-1-3-12(6-10)25-8-11(23)7-21-15(24)13-9-26-14(22-13)4-5-20;/h1-3,6,9,11,23H,4-5,7-8,20H2,(H,21,24);1H. The van der Waals surface area contributed by atoms with Crippen LogP contribution in [0.2, 0.25) is 0 Å². The molecule has 2 aromatic rings. The third-order valence-corrected chi connectivity index (χ3v) is 4.15. The van der Waals surface area contributed by atoms with Crippen LogP contribution in [0.25, 0.3) is 0 Å². The van der Waals surface area contributed by atoms with E-state index >= 15 is 0 Å². The summed E-state index contributed by atoms with van der Waals surface area (Å²) >= 11 is 1.32. The second-order valence-electron chi connectivity index (χ2n) is 5.37. The molecule has 1 unspecified atom stereocenters. The highest BCUT2D eigenvalue weighted by molar-refractivity contribution is 7.09. The number of amides is 1. The average molecular weight is 426 g/mol. The fourth-order valence-corrected chi connectivity index (χ4v) is 2.76. The maximum atomic E-state index is 12.6. The molecule has 0 aliphatic carbocycles. The summed E-state index contributed by atoms with van der Waals surface area (Å²) in [5.74, 6) is -0.473. The summed E-state index contributed by atoms with van der Waals surface area (Å²) in [5.41, 5.74) is 4.80. The maximum absolute atomic E-state index is 12.6. The lowest BCUT2D eigenvalue weighted by Crippen LogP contribution is -2.35. The molecule has 6 nitrogen and oxygen atoms in total. The van der Waals surface area contributed by atoms with Gasteiger partial charge in [-0.1, -0.05) is 6.07 Å². The van der Waals surface area contributed by atoms with E-state index < -0.39 is 23.8 Å². The molecule has 0 fully saturated rings. The number of aliphatic hydroxyl groups excluding tert-OH is 1. The predicted molar refractivity (Wildman–Crippen MR) is 97.4 cm³/mol. The normalized spacial score (nSPS) is 12.2. The van der Waals surface area contributed by atoms with Gasteiger partial charge in [-0.15, -0.1) is 23.7 Å². The summed E-state index contributed by atoms with van der Waals surface area (Å²) in [4.78, 5) is 16.0. The van der Waals surface area contributed by atoms with Crippen LogP contribution in [0.4, 0.5) is 13.2 Å². The minimum Gasteiger partial charge on any atom is -0.491 e. The monoisotopic (exact) mass is 425 g/mol. The molecule has 27 heavy (non-hydrogen) atoms. The number of hydrogen-bond donors (Lipinski definition) is 3. The van der Waals surface area contributed by atoms with Crippen LogP contribution in [0.1, 0.15) is 21.1 Å². The number of alkyl halides is 3. The summed E-state index contributed by atoms with van der Waals surface area (Å²) in [6.07, 6.45) is -4.98. The highest BCUT2D eigenvalue weighted by Crippen LogP contribution is 2.31. The van der Waals surface area contributed by atoms with Crippen molar-refractivity contribution in [2.45, 2.75) is 18.7 Å². The van der Waals surface area contributed by atoms with Crippen molar-refractivity contribution in [3.8, 4) is 5.75 Å². The minimum atomic E-state index is -4.47. The number of rotatable bonds is 8. The molecule has 0 saturated carbocycles. The van der Waals surface area contributed by atoms with Crippen LogP contribution in [-0.4, -0.2) is 41.8 Å². The summed E-state index contributed by atoms with van der Waals surface area (Å²) in [7, 11) is 0. The van der Waals surface area contributed by atoms with Crippen LogP contribution in [0.15, 0.2) is 29.6 Å². The molecule has 0 spiro atoms.